The molecule has 2 nitrogen and oxygen atoms in total. The second-order valence-electron chi connectivity index (χ2n) is 4.86. The van der Waals surface area contributed by atoms with Gasteiger partial charge in [-0.05, 0) is 32.1 Å². The Kier molecular flexibility index (Phi) is 4.43. The third-order valence-corrected chi connectivity index (χ3v) is 3.05. The van der Waals surface area contributed by atoms with Gasteiger partial charge in [0.1, 0.15) is 0 Å². The molecule has 0 aromatic rings. The minimum absolute atomic E-state index is 0.371. The quantitative estimate of drug-likeness (QED) is 0.678. The number of rotatable bonds is 4. The summed E-state index contributed by atoms with van der Waals surface area (Å²) in [5.74, 6) is 1.09. The van der Waals surface area contributed by atoms with Crippen molar-refractivity contribution in [2.75, 3.05) is 6.54 Å². The summed E-state index contributed by atoms with van der Waals surface area (Å²) < 4.78 is 0. The summed E-state index contributed by atoms with van der Waals surface area (Å²) in [6, 6.07) is 0.488. The number of nitrogens with zero attached hydrogens (tertiary/aromatic N) is 1. The van der Waals surface area contributed by atoms with Crippen LogP contribution >= 0.6 is 0 Å². The second kappa shape index (κ2) is 5.38. The largest absolute Gasteiger partial charge is 0.340 e. The van der Waals surface area contributed by atoms with E-state index in [0.717, 1.165) is 25.3 Å². The number of carbonyl (C=O) groups is 1. The molecule has 2 heteroatoms. The van der Waals surface area contributed by atoms with E-state index in [0.29, 0.717) is 11.9 Å². The van der Waals surface area contributed by atoms with E-state index in [4.69, 9.17) is 0 Å². The van der Waals surface area contributed by atoms with Crippen LogP contribution < -0.4 is 0 Å². The Balaban J connectivity index is 2.21. The molecule has 1 fully saturated rings. The van der Waals surface area contributed by atoms with Crippen molar-refractivity contribution in [3.8, 4) is 0 Å². The highest BCUT2D eigenvalue weighted by Gasteiger charge is 2.24. The molecular weight excluding hydrogens is 174 g/mol. The summed E-state index contributed by atoms with van der Waals surface area (Å²) in [6.07, 6.45) is 5.36. The molecule has 0 bridgehead atoms. The molecule has 1 saturated heterocycles. The molecular formula is C12H23NO. The third kappa shape index (κ3) is 3.32. The minimum atomic E-state index is 0.371. The van der Waals surface area contributed by atoms with E-state index in [2.05, 4.69) is 25.7 Å². The maximum Gasteiger partial charge on any atom is 0.222 e. The van der Waals surface area contributed by atoms with Crippen LogP contribution in [0.2, 0.25) is 0 Å². The van der Waals surface area contributed by atoms with Crippen LogP contribution in [0.15, 0.2) is 0 Å². The maximum absolute atomic E-state index is 11.8. The maximum atomic E-state index is 11.8. The molecule has 0 spiro atoms. The van der Waals surface area contributed by atoms with Gasteiger partial charge in [-0.25, -0.2) is 0 Å². The third-order valence-electron chi connectivity index (χ3n) is 3.05. The first-order valence-electron chi connectivity index (χ1n) is 5.90. The van der Waals surface area contributed by atoms with Crippen molar-refractivity contribution in [1.29, 1.82) is 0 Å². The average molecular weight is 197 g/mol. The van der Waals surface area contributed by atoms with Gasteiger partial charge in [-0.1, -0.05) is 20.3 Å². The predicted molar refractivity (Wildman–Crippen MR) is 59.1 cm³/mol. The number of amides is 1. The van der Waals surface area contributed by atoms with Gasteiger partial charge in [0.25, 0.3) is 0 Å². The van der Waals surface area contributed by atoms with E-state index in [1.165, 1.54) is 19.3 Å². The van der Waals surface area contributed by atoms with Crippen LogP contribution in [0.3, 0.4) is 0 Å². The van der Waals surface area contributed by atoms with Crippen LogP contribution in [0.25, 0.3) is 0 Å². The van der Waals surface area contributed by atoms with E-state index in [-0.39, 0.29) is 0 Å². The Hall–Kier alpha value is -0.530. The Morgan fingerprint density at radius 3 is 2.71 bits per heavy atom. The lowest BCUT2D eigenvalue weighted by Gasteiger charge is -2.21. The van der Waals surface area contributed by atoms with Crippen LogP contribution in [0.1, 0.15) is 52.9 Å². The monoisotopic (exact) mass is 197 g/mol. The molecule has 1 unspecified atom stereocenters. The van der Waals surface area contributed by atoms with Crippen LogP contribution in [-0.2, 0) is 4.79 Å². The summed E-state index contributed by atoms with van der Waals surface area (Å²) in [5, 5.41) is 0. The van der Waals surface area contributed by atoms with Crippen LogP contribution in [0, 0.1) is 5.92 Å². The zero-order valence-electron chi connectivity index (χ0n) is 9.75. The fraction of sp³-hybridized carbons (Fsp3) is 0.917. The molecule has 1 aliphatic heterocycles. The molecule has 1 atom stereocenters. The molecule has 0 aromatic carbocycles. The predicted octanol–water partition coefficient (Wildman–Crippen LogP) is 2.82. The Morgan fingerprint density at radius 2 is 2.21 bits per heavy atom. The van der Waals surface area contributed by atoms with Crippen LogP contribution in [0.5, 0.6) is 0 Å². The Morgan fingerprint density at radius 1 is 1.50 bits per heavy atom. The van der Waals surface area contributed by atoms with E-state index in [9.17, 15) is 4.79 Å². The number of likely N-dealkylation sites (tertiary alicyclic amines) is 1. The van der Waals surface area contributed by atoms with Gasteiger partial charge < -0.3 is 4.90 Å². The van der Waals surface area contributed by atoms with Crippen LogP contribution in [0.4, 0.5) is 0 Å². The topological polar surface area (TPSA) is 20.3 Å². The summed E-state index contributed by atoms with van der Waals surface area (Å²) in [6.45, 7) is 7.57. The number of hydrogen-bond donors (Lipinski definition) is 0. The summed E-state index contributed by atoms with van der Waals surface area (Å²) in [7, 11) is 0. The van der Waals surface area contributed by atoms with Gasteiger partial charge >= 0.3 is 0 Å². The average Bonchev–Trinajstić information content (AvgIpc) is 2.50. The Labute approximate surface area is 87.7 Å². The van der Waals surface area contributed by atoms with Crippen molar-refractivity contribution in [2.24, 2.45) is 5.92 Å². The fourth-order valence-corrected chi connectivity index (χ4v) is 2.11. The highest BCUT2D eigenvalue weighted by atomic mass is 16.2. The van der Waals surface area contributed by atoms with E-state index >= 15 is 0 Å². The lowest BCUT2D eigenvalue weighted by atomic mass is 10.1. The normalized spacial score (nSPS) is 22.0. The molecule has 0 aliphatic carbocycles. The van der Waals surface area contributed by atoms with Crippen molar-refractivity contribution in [3.05, 3.63) is 0 Å². The molecule has 1 amide bonds. The molecule has 1 heterocycles. The SMILES string of the molecule is CC(C)CCCC(=O)N1CCCC1C. The first-order valence-corrected chi connectivity index (χ1v) is 5.90. The van der Waals surface area contributed by atoms with Crippen molar-refractivity contribution in [3.63, 3.8) is 0 Å². The molecule has 0 N–H and O–H groups in total. The Bertz CT molecular complexity index is 189. The van der Waals surface area contributed by atoms with Crippen molar-refractivity contribution < 1.29 is 4.79 Å². The molecule has 0 saturated carbocycles. The highest BCUT2D eigenvalue weighted by molar-refractivity contribution is 5.76. The molecule has 1 aliphatic rings. The van der Waals surface area contributed by atoms with Gasteiger partial charge in [0, 0.05) is 19.0 Å². The molecule has 0 aromatic heterocycles. The van der Waals surface area contributed by atoms with Crippen molar-refractivity contribution in [1.82, 2.24) is 4.90 Å². The van der Waals surface area contributed by atoms with Gasteiger partial charge in [0.15, 0.2) is 0 Å². The van der Waals surface area contributed by atoms with E-state index in [1.807, 2.05) is 0 Å². The highest BCUT2D eigenvalue weighted by Crippen LogP contribution is 2.18. The number of carbonyl (C=O) groups excluding carboxylic acids is 1. The van der Waals surface area contributed by atoms with Gasteiger partial charge in [-0.3, -0.25) is 4.79 Å². The second-order valence-corrected chi connectivity index (χ2v) is 4.86. The molecule has 14 heavy (non-hydrogen) atoms. The number of hydrogen-bond acceptors (Lipinski definition) is 1. The zero-order valence-corrected chi connectivity index (χ0v) is 9.75. The van der Waals surface area contributed by atoms with Gasteiger partial charge in [0.05, 0.1) is 0 Å². The summed E-state index contributed by atoms with van der Waals surface area (Å²) in [4.78, 5) is 13.8. The minimum Gasteiger partial charge on any atom is -0.340 e. The van der Waals surface area contributed by atoms with Crippen molar-refractivity contribution in [2.45, 2.75) is 58.9 Å². The summed E-state index contributed by atoms with van der Waals surface area (Å²) >= 11 is 0. The summed E-state index contributed by atoms with van der Waals surface area (Å²) in [5.41, 5.74) is 0. The van der Waals surface area contributed by atoms with Crippen molar-refractivity contribution >= 4 is 5.91 Å². The first kappa shape index (κ1) is 11.5. The van der Waals surface area contributed by atoms with Crippen LogP contribution in [-0.4, -0.2) is 23.4 Å². The van der Waals surface area contributed by atoms with Gasteiger partial charge in [0.2, 0.25) is 5.91 Å². The standard InChI is InChI=1S/C12H23NO/c1-10(2)6-4-8-12(14)13-9-5-7-11(13)3/h10-11H,4-9H2,1-3H3. The van der Waals surface area contributed by atoms with Gasteiger partial charge in [-0.15, -0.1) is 0 Å². The van der Waals surface area contributed by atoms with E-state index in [1.54, 1.807) is 0 Å². The molecule has 1 rings (SSSR count). The first-order chi connectivity index (χ1) is 6.61. The fourth-order valence-electron chi connectivity index (χ4n) is 2.11. The van der Waals surface area contributed by atoms with E-state index < -0.39 is 0 Å². The zero-order chi connectivity index (χ0) is 10.6. The lowest BCUT2D eigenvalue weighted by molar-refractivity contribution is -0.131. The van der Waals surface area contributed by atoms with Gasteiger partial charge in [-0.2, -0.15) is 0 Å². The smallest absolute Gasteiger partial charge is 0.222 e. The molecule has 0 radical (unpaired) electrons. The molecule has 82 valence electrons. The lowest BCUT2D eigenvalue weighted by Crippen LogP contribution is -2.33.